The molecule has 0 saturated carbocycles. The van der Waals surface area contributed by atoms with Gasteiger partial charge in [0.2, 0.25) is 5.82 Å². The lowest BCUT2D eigenvalue weighted by Crippen LogP contribution is -2.27. The normalized spacial score (nSPS) is 13.3. The van der Waals surface area contributed by atoms with Crippen molar-refractivity contribution in [2.75, 3.05) is 38.4 Å². The summed E-state index contributed by atoms with van der Waals surface area (Å²) in [5.74, 6) is -1.56. The van der Waals surface area contributed by atoms with Gasteiger partial charge in [0.05, 0.1) is 12.7 Å². The number of nitrogens with zero attached hydrogens (tertiary/aromatic N) is 2. The van der Waals surface area contributed by atoms with Crippen LogP contribution in [0, 0.1) is 0 Å². The largest absolute Gasteiger partial charge is 0.451 e. The summed E-state index contributed by atoms with van der Waals surface area (Å²) >= 11 is 0. The summed E-state index contributed by atoms with van der Waals surface area (Å²) < 4.78 is 47.4. The fourth-order valence-corrected chi connectivity index (χ4v) is 1.30. The third-order valence-electron chi connectivity index (χ3n) is 2.20. The SMILES string of the molecule is COCC(CNc1cc(N)nc(C(F)(F)F)n1)OC. The number of rotatable bonds is 6. The number of nitrogen functional groups attached to an aromatic ring is 1. The summed E-state index contributed by atoms with van der Waals surface area (Å²) in [7, 11) is 2.97. The van der Waals surface area contributed by atoms with Crippen molar-refractivity contribution < 1.29 is 22.6 Å². The number of anilines is 2. The Morgan fingerprint density at radius 3 is 2.58 bits per heavy atom. The predicted molar refractivity (Wildman–Crippen MR) is 62.6 cm³/mol. The minimum absolute atomic E-state index is 0.0158. The molecular weight excluding hydrogens is 265 g/mol. The zero-order valence-corrected chi connectivity index (χ0v) is 10.5. The number of hydrogen-bond acceptors (Lipinski definition) is 6. The smallest absolute Gasteiger partial charge is 0.384 e. The first kappa shape index (κ1) is 15.4. The molecule has 19 heavy (non-hydrogen) atoms. The van der Waals surface area contributed by atoms with Gasteiger partial charge in [-0.05, 0) is 0 Å². The highest BCUT2D eigenvalue weighted by molar-refractivity contribution is 5.45. The van der Waals surface area contributed by atoms with Crippen LogP contribution in [0.15, 0.2) is 6.07 Å². The zero-order chi connectivity index (χ0) is 14.5. The van der Waals surface area contributed by atoms with E-state index in [1.165, 1.54) is 20.3 Å². The molecule has 0 aliphatic heterocycles. The number of aromatic nitrogens is 2. The Kier molecular flexibility index (Phi) is 5.31. The average molecular weight is 280 g/mol. The molecule has 0 spiro atoms. The van der Waals surface area contributed by atoms with Crippen molar-refractivity contribution in [1.29, 1.82) is 0 Å². The number of nitrogens with two attached hydrogens (primary N) is 1. The minimum Gasteiger partial charge on any atom is -0.384 e. The van der Waals surface area contributed by atoms with Gasteiger partial charge in [-0.3, -0.25) is 0 Å². The Bertz CT molecular complexity index is 414. The van der Waals surface area contributed by atoms with E-state index in [1.807, 2.05) is 0 Å². The first-order valence-corrected chi connectivity index (χ1v) is 5.34. The maximum Gasteiger partial charge on any atom is 0.451 e. The number of methoxy groups -OCH3 is 2. The van der Waals surface area contributed by atoms with Crippen molar-refractivity contribution in [2.45, 2.75) is 12.3 Å². The summed E-state index contributed by atoms with van der Waals surface area (Å²) in [6.07, 6.45) is -4.95. The van der Waals surface area contributed by atoms with Gasteiger partial charge in [0.25, 0.3) is 0 Å². The summed E-state index contributed by atoms with van der Waals surface area (Å²) in [4.78, 5) is 6.48. The second-order valence-corrected chi connectivity index (χ2v) is 3.69. The first-order chi connectivity index (χ1) is 8.86. The molecule has 0 aliphatic rings. The van der Waals surface area contributed by atoms with Crippen molar-refractivity contribution in [3.05, 3.63) is 11.9 Å². The van der Waals surface area contributed by atoms with Crippen LogP contribution in [0.25, 0.3) is 0 Å². The molecule has 0 amide bonds. The first-order valence-electron chi connectivity index (χ1n) is 5.34. The van der Waals surface area contributed by atoms with E-state index in [9.17, 15) is 13.2 Å². The Morgan fingerprint density at radius 2 is 2.05 bits per heavy atom. The molecule has 1 atom stereocenters. The molecule has 0 radical (unpaired) electrons. The van der Waals surface area contributed by atoms with Crippen molar-refractivity contribution in [3.8, 4) is 0 Å². The van der Waals surface area contributed by atoms with Crippen LogP contribution in [0.5, 0.6) is 0 Å². The second kappa shape index (κ2) is 6.53. The van der Waals surface area contributed by atoms with E-state index in [4.69, 9.17) is 15.2 Å². The van der Waals surface area contributed by atoms with Gasteiger partial charge in [0, 0.05) is 26.8 Å². The van der Waals surface area contributed by atoms with E-state index >= 15 is 0 Å². The summed E-state index contributed by atoms with van der Waals surface area (Å²) in [6, 6.07) is 1.22. The number of hydrogen-bond donors (Lipinski definition) is 2. The van der Waals surface area contributed by atoms with Gasteiger partial charge in [-0.1, -0.05) is 0 Å². The van der Waals surface area contributed by atoms with Gasteiger partial charge < -0.3 is 20.5 Å². The molecule has 1 rings (SSSR count). The van der Waals surface area contributed by atoms with Crippen LogP contribution in [0.1, 0.15) is 5.82 Å². The highest BCUT2D eigenvalue weighted by Crippen LogP contribution is 2.27. The van der Waals surface area contributed by atoms with Crippen molar-refractivity contribution in [2.24, 2.45) is 0 Å². The average Bonchev–Trinajstić information content (AvgIpc) is 2.32. The molecule has 3 N–H and O–H groups in total. The van der Waals surface area contributed by atoms with Gasteiger partial charge in [-0.15, -0.1) is 0 Å². The van der Waals surface area contributed by atoms with E-state index in [0.29, 0.717) is 6.61 Å². The Morgan fingerprint density at radius 1 is 1.37 bits per heavy atom. The molecule has 1 aromatic rings. The van der Waals surface area contributed by atoms with Crippen LogP contribution >= 0.6 is 0 Å². The molecule has 1 heterocycles. The Hall–Kier alpha value is -1.61. The monoisotopic (exact) mass is 280 g/mol. The molecule has 1 aromatic heterocycles. The third kappa shape index (κ3) is 4.87. The van der Waals surface area contributed by atoms with Gasteiger partial charge in [0.15, 0.2) is 0 Å². The van der Waals surface area contributed by atoms with E-state index in [1.54, 1.807) is 0 Å². The molecule has 1 unspecified atom stereocenters. The molecule has 0 fully saturated rings. The van der Waals surface area contributed by atoms with Gasteiger partial charge in [-0.2, -0.15) is 13.2 Å². The molecule has 0 saturated heterocycles. The zero-order valence-electron chi connectivity index (χ0n) is 10.5. The quantitative estimate of drug-likeness (QED) is 0.813. The lowest BCUT2D eigenvalue weighted by molar-refractivity contribution is -0.144. The molecule has 9 heteroatoms. The second-order valence-electron chi connectivity index (χ2n) is 3.69. The van der Waals surface area contributed by atoms with Crippen molar-refractivity contribution in [3.63, 3.8) is 0 Å². The van der Waals surface area contributed by atoms with Gasteiger partial charge in [-0.25, -0.2) is 9.97 Å². The molecule has 0 bridgehead atoms. The van der Waals surface area contributed by atoms with E-state index < -0.39 is 12.0 Å². The molecule has 0 aliphatic carbocycles. The highest BCUT2D eigenvalue weighted by atomic mass is 19.4. The predicted octanol–water partition coefficient (Wildman–Crippen LogP) is 1.15. The molecule has 0 aromatic carbocycles. The maximum absolute atomic E-state index is 12.5. The highest BCUT2D eigenvalue weighted by Gasteiger charge is 2.35. The van der Waals surface area contributed by atoms with Crippen LogP contribution in [0.4, 0.5) is 24.8 Å². The fourth-order valence-electron chi connectivity index (χ4n) is 1.30. The van der Waals surface area contributed by atoms with Crippen LogP contribution < -0.4 is 11.1 Å². The number of halogens is 3. The van der Waals surface area contributed by atoms with Crippen LogP contribution in [0.2, 0.25) is 0 Å². The van der Waals surface area contributed by atoms with Gasteiger partial charge in [0.1, 0.15) is 11.6 Å². The van der Waals surface area contributed by atoms with E-state index in [2.05, 4.69) is 15.3 Å². The lowest BCUT2D eigenvalue weighted by Gasteiger charge is -2.16. The Labute approximate surface area is 108 Å². The molecule has 6 nitrogen and oxygen atoms in total. The number of ether oxygens (including phenoxy) is 2. The topological polar surface area (TPSA) is 82.3 Å². The number of nitrogens with one attached hydrogen (secondary N) is 1. The minimum atomic E-state index is -4.64. The van der Waals surface area contributed by atoms with Crippen LogP contribution in [0.3, 0.4) is 0 Å². The summed E-state index contributed by atoms with van der Waals surface area (Å²) in [5, 5.41) is 2.70. The lowest BCUT2D eigenvalue weighted by atomic mass is 10.3. The maximum atomic E-state index is 12.5. The third-order valence-corrected chi connectivity index (χ3v) is 2.20. The standard InChI is InChI=1S/C10H15F3N4O2/c1-18-5-6(19-2)4-15-8-3-7(14)16-9(17-8)10(11,12)13/h3,6H,4-5H2,1-2H3,(H3,14,15,16,17). The Balaban J connectivity index is 2.76. The van der Waals surface area contributed by atoms with Crippen LogP contribution in [-0.4, -0.2) is 43.4 Å². The van der Waals surface area contributed by atoms with E-state index in [0.717, 1.165) is 0 Å². The molecule has 108 valence electrons. The van der Waals surface area contributed by atoms with E-state index in [-0.39, 0.29) is 24.3 Å². The molecular formula is C10H15F3N4O2. The fraction of sp³-hybridized carbons (Fsp3) is 0.600. The number of alkyl halides is 3. The van der Waals surface area contributed by atoms with Crippen molar-refractivity contribution in [1.82, 2.24) is 9.97 Å². The van der Waals surface area contributed by atoms with Crippen molar-refractivity contribution >= 4 is 11.6 Å². The van der Waals surface area contributed by atoms with Crippen LogP contribution in [-0.2, 0) is 15.7 Å². The summed E-state index contributed by atoms with van der Waals surface area (Å²) in [6.45, 7) is 0.536. The summed E-state index contributed by atoms with van der Waals surface area (Å²) in [5.41, 5.74) is 5.31. The van der Waals surface area contributed by atoms with Gasteiger partial charge >= 0.3 is 6.18 Å².